The average molecular weight is 309 g/mol. The molecule has 6 nitrogen and oxygen atoms in total. The molecule has 1 fully saturated rings. The molecule has 1 aromatic carbocycles. The molecule has 0 N–H and O–H groups in total. The van der Waals surface area contributed by atoms with Gasteiger partial charge in [0.05, 0.1) is 18.7 Å². The highest BCUT2D eigenvalue weighted by atomic mass is 16.2. The van der Waals surface area contributed by atoms with Gasteiger partial charge in [-0.25, -0.2) is 4.68 Å². The Balaban J connectivity index is 1.50. The second kappa shape index (κ2) is 5.53. The number of nitrogens with zero attached hydrogens (tertiary/aromatic N) is 5. The fourth-order valence-electron chi connectivity index (χ4n) is 3.44. The molecule has 1 amide bonds. The molecule has 6 heteroatoms. The molecule has 1 saturated heterocycles. The van der Waals surface area contributed by atoms with Crippen molar-refractivity contribution < 1.29 is 4.79 Å². The second-order valence-electron chi connectivity index (χ2n) is 6.12. The van der Waals surface area contributed by atoms with Crippen LogP contribution in [0.4, 0.5) is 0 Å². The number of benzene rings is 1. The summed E-state index contributed by atoms with van der Waals surface area (Å²) < 4.78 is 3.94. The molecule has 118 valence electrons. The van der Waals surface area contributed by atoms with E-state index < -0.39 is 0 Å². The summed E-state index contributed by atoms with van der Waals surface area (Å²) in [5.41, 5.74) is 2.26. The number of hydrogen-bond acceptors (Lipinski definition) is 3. The minimum Gasteiger partial charge on any atom is -0.350 e. The Bertz CT molecular complexity index is 836. The molecular weight excluding hydrogens is 290 g/mol. The number of amides is 1. The van der Waals surface area contributed by atoms with E-state index in [0.29, 0.717) is 13.0 Å². The van der Waals surface area contributed by atoms with Crippen LogP contribution in [-0.2, 0) is 18.3 Å². The molecule has 3 heterocycles. The summed E-state index contributed by atoms with van der Waals surface area (Å²) in [5.74, 6) is 0.184. The lowest BCUT2D eigenvalue weighted by molar-refractivity contribution is -0.129. The van der Waals surface area contributed by atoms with Gasteiger partial charge in [0, 0.05) is 43.4 Å². The minimum absolute atomic E-state index is 0.184. The number of carbonyl (C=O) groups excluding carboxylic acids is 1. The summed E-state index contributed by atoms with van der Waals surface area (Å²) in [4.78, 5) is 14.6. The molecule has 0 aliphatic carbocycles. The van der Waals surface area contributed by atoms with Crippen LogP contribution in [0.3, 0.4) is 0 Å². The maximum absolute atomic E-state index is 12.7. The van der Waals surface area contributed by atoms with Crippen LogP contribution in [0, 0.1) is 0 Å². The number of fused-ring (bicyclic) bond motifs is 1. The van der Waals surface area contributed by atoms with Gasteiger partial charge in [0.25, 0.3) is 0 Å². The lowest BCUT2D eigenvalue weighted by atomic mass is 10.1. The number of hydrogen-bond donors (Lipinski definition) is 0. The first-order valence-electron chi connectivity index (χ1n) is 7.89. The fraction of sp³-hybridized carbons (Fsp3) is 0.353. The third-order valence-electron chi connectivity index (χ3n) is 4.65. The zero-order valence-electron chi connectivity index (χ0n) is 13.1. The van der Waals surface area contributed by atoms with Gasteiger partial charge in [0.1, 0.15) is 0 Å². The molecule has 0 spiro atoms. The lowest BCUT2D eigenvalue weighted by Crippen LogP contribution is -2.30. The van der Waals surface area contributed by atoms with E-state index in [1.54, 1.807) is 6.20 Å². The quantitative estimate of drug-likeness (QED) is 0.741. The maximum Gasteiger partial charge on any atom is 0.227 e. The number of likely N-dealkylation sites (tertiary alicyclic amines) is 1. The van der Waals surface area contributed by atoms with Gasteiger partial charge in [-0.3, -0.25) is 4.79 Å². The van der Waals surface area contributed by atoms with E-state index in [2.05, 4.69) is 33.2 Å². The largest absolute Gasteiger partial charge is 0.350 e. The summed E-state index contributed by atoms with van der Waals surface area (Å²) in [6.45, 7) is 1.50. The van der Waals surface area contributed by atoms with E-state index in [4.69, 9.17) is 0 Å². The first-order chi connectivity index (χ1) is 11.2. The van der Waals surface area contributed by atoms with Crippen molar-refractivity contribution in [3.63, 3.8) is 0 Å². The van der Waals surface area contributed by atoms with Crippen molar-refractivity contribution in [2.24, 2.45) is 7.05 Å². The van der Waals surface area contributed by atoms with Crippen LogP contribution in [0.1, 0.15) is 18.0 Å². The highest BCUT2D eigenvalue weighted by Gasteiger charge is 2.28. The van der Waals surface area contributed by atoms with Crippen molar-refractivity contribution >= 4 is 16.8 Å². The van der Waals surface area contributed by atoms with E-state index in [9.17, 15) is 4.79 Å². The van der Waals surface area contributed by atoms with Crippen molar-refractivity contribution in [3.05, 3.63) is 48.4 Å². The van der Waals surface area contributed by atoms with E-state index in [0.717, 1.165) is 29.4 Å². The number of aryl methyl sites for hydroxylation is 1. The monoisotopic (exact) mass is 309 g/mol. The maximum atomic E-state index is 12.7. The van der Waals surface area contributed by atoms with Crippen LogP contribution < -0.4 is 0 Å². The molecule has 1 aliphatic rings. The Morgan fingerprint density at radius 2 is 2.22 bits per heavy atom. The zero-order chi connectivity index (χ0) is 15.8. The predicted octanol–water partition coefficient (Wildman–Crippen LogP) is 1.79. The second-order valence-corrected chi connectivity index (χ2v) is 6.12. The van der Waals surface area contributed by atoms with Gasteiger partial charge < -0.3 is 9.47 Å². The Morgan fingerprint density at radius 1 is 1.35 bits per heavy atom. The predicted molar refractivity (Wildman–Crippen MR) is 86.9 cm³/mol. The fourth-order valence-corrected chi connectivity index (χ4v) is 3.44. The summed E-state index contributed by atoms with van der Waals surface area (Å²) in [5, 5.41) is 9.06. The Labute approximate surface area is 134 Å². The van der Waals surface area contributed by atoms with Crippen LogP contribution in [0.25, 0.3) is 10.9 Å². The molecule has 0 radical (unpaired) electrons. The number of aromatic nitrogens is 4. The van der Waals surface area contributed by atoms with E-state index in [1.807, 2.05) is 35.0 Å². The van der Waals surface area contributed by atoms with E-state index >= 15 is 0 Å². The highest BCUT2D eigenvalue weighted by molar-refractivity contribution is 5.89. The number of carbonyl (C=O) groups is 1. The Kier molecular flexibility index (Phi) is 3.37. The highest BCUT2D eigenvalue weighted by Crippen LogP contribution is 2.24. The molecule has 1 unspecified atom stereocenters. The average Bonchev–Trinajstić information content (AvgIpc) is 3.28. The summed E-state index contributed by atoms with van der Waals surface area (Å²) in [7, 11) is 2.02. The normalized spacial score (nSPS) is 18.0. The van der Waals surface area contributed by atoms with E-state index in [-0.39, 0.29) is 11.9 Å². The molecule has 1 aliphatic heterocycles. The smallest absolute Gasteiger partial charge is 0.227 e. The third-order valence-corrected chi connectivity index (χ3v) is 4.65. The molecule has 1 atom stereocenters. The van der Waals surface area contributed by atoms with Crippen molar-refractivity contribution in [1.29, 1.82) is 0 Å². The van der Waals surface area contributed by atoms with Crippen LogP contribution >= 0.6 is 0 Å². The molecule has 0 saturated carbocycles. The first-order valence-corrected chi connectivity index (χ1v) is 7.89. The minimum atomic E-state index is 0.184. The summed E-state index contributed by atoms with van der Waals surface area (Å²) in [6, 6.07) is 8.46. The van der Waals surface area contributed by atoms with E-state index in [1.165, 1.54) is 0 Å². The molecule has 0 bridgehead atoms. The number of rotatable bonds is 3. The summed E-state index contributed by atoms with van der Waals surface area (Å²) in [6.07, 6.45) is 6.99. The van der Waals surface area contributed by atoms with Crippen molar-refractivity contribution in [2.75, 3.05) is 13.1 Å². The van der Waals surface area contributed by atoms with Crippen molar-refractivity contribution in [2.45, 2.75) is 18.9 Å². The van der Waals surface area contributed by atoms with Crippen LogP contribution in [-0.4, -0.2) is 43.5 Å². The molecule has 23 heavy (non-hydrogen) atoms. The topological polar surface area (TPSA) is 56.0 Å². The van der Waals surface area contributed by atoms with Crippen molar-refractivity contribution in [1.82, 2.24) is 24.5 Å². The van der Waals surface area contributed by atoms with Gasteiger partial charge in [0.2, 0.25) is 5.91 Å². The summed E-state index contributed by atoms with van der Waals surface area (Å²) >= 11 is 0. The van der Waals surface area contributed by atoms with Gasteiger partial charge in [-0.2, -0.15) is 0 Å². The molecule has 4 rings (SSSR count). The van der Waals surface area contributed by atoms with Crippen LogP contribution in [0.2, 0.25) is 0 Å². The van der Waals surface area contributed by atoms with Crippen LogP contribution in [0.15, 0.2) is 42.9 Å². The molecule has 2 aromatic heterocycles. The standard InChI is InChI=1S/C17H19N5O/c1-20-11-13(15-4-2-3-5-16(15)20)10-17(23)21-8-6-14(12-21)22-9-7-18-19-22/h2-5,7,9,11,14H,6,8,10,12H2,1H3. The number of para-hydroxylation sites is 1. The molecular formula is C17H19N5O. The Hall–Kier alpha value is -2.63. The lowest BCUT2D eigenvalue weighted by Gasteiger charge is -2.16. The van der Waals surface area contributed by atoms with Gasteiger partial charge >= 0.3 is 0 Å². The van der Waals surface area contributed by atoms with Crippen molar-refractivity contribution in [3.8, 4) is 0 Å². The zero-order valence-corrected chi connectivity index (χ0v) is 13.1. The van der Waals surface area contributed by atoms with Gasteiger partial charge in [-0.15, -0.1) is 5.10 Å². The third kappa shape index (κ3) is 2.50. The van der Waals surface area contributed by atoms with Gasteiger partial charge in [-0.1, -0.05) is 23.4 Å². The van der Waals surface area contributed by atoms with Crippen LogP contribution in [0.5, 0.6) is 0 Å². The first kappa shape index (κ1) is 14.0. The Morgan fingerprint density at radius 3 is 3.04 bits per heavy atom. The molecule has 3 aromatic rings. The SMILES string of the molecule is Cn1cc(CC(=O)N2CCC(n3ccnn3)C2)c2ccccc21. The van der Waals surface area contributed by atoms with Gasteiger partial charge in [-0.05, 0) is 18.1 Å². The van der Waals surface area contributed by atoms with Gasteiger partial charge in [0.15, 0.2) is 0 Å².